The number of amides is 1. The van der Waals surface area contributed by atoms with E-state index in [2.05, 4.69) is 5.10 Å². The number of hydrogen-bond acceptors (Lipinski definition) is 3. The van der Waals surface area contributed by atoms with Crippen LogP contribution in [0.5, 0.6) is 0 Å². The smallest absolute Gasteiger partial charge is 0.340 e. The first-order valence-corrected chi connectivity index (χ1v) is 6.68. The highest BCUT2D eigenvalue weighted by Crippen LogP contribution is 2.31. The van der Waals surface area contributed by atoms with Gasteiger partial charge in [-0.3, -0.25) is 9.48 Å². The molecule has 120 valence electrons. The van der Waals surface area contributed by atoms with Crippen molar-refractivity contribution in [2.24, 2.45) is 18.7 Å². The molecule has 1 aromatic heterocycles. The number of halogens is 3. The fraction of sp³-hybridized carbons (Fsp3) is 0.692. The number of aryl methyl sites for hydroxylation is 1. The fourth-order valence-electron chi connectivity index (χ4n) is 1.98. The molecular formula is C13H21F3N4O. The number of nitrogens with zero attached hydrogens (tertiary/aromatic N) is 3. The Kier molecular flexibility index (Phi) is 5.38. The lowest BCUT2D eigenvalue weighted by Crippen LogP contribution is -2.45. The monoisotopic (exact) mass is 306 g/mol. The lowest BCUT2D eigenvalue weighted by molar-refractivity contribution is -0.143. The van der Waals surface area contributed by atoms with E-state index in [1.165, 1.54) is 25.2 Å². The zero-order valence-corrected chi connectivity index (χ0v) is 12.6. The Balaban J connectivity index is 2.89. The first-order valence-electron chi connectivity index (χ1n) is 6.68. The van der Waals surface area contributed by atoms with Crippen molar-refractivity contribution < 1.29 is 18.0 Å². The molecule has 1 heterocycles. The van der Waals surface area contributed by atoms with Crippen LogP contribution in [0.4, 0.5) is 13.2 Å². The summed E-state index contributed by atoms with van der Waals surface area (Å²) in [7, 11) is 2.85. The summed E-state index contributed by atoms with van der Waals surface area (Å²) in [4.78, 5) is 13.3. The van der Waals surface area contributed by atoms with Crippen LogP contribution >= 0.6 is 0 Å². The maximum absolute atomic E-state index is 12.9. The van der Waals surface area contributed by atoms with Gasteiger partial charge in [0.1, 0.15) is 0 Å². The van der Waals surface area contributed by atoms with E-state index in [0.29, 0.717) is 0 Å². The van der Waals surface area contributed by atoms with E-state index in [9.17, 15) is 18.0 Å². The molecule has 2 atom stereocenters. The van der Waals surface area contributed by atoms with Gasteiger partial charge in [-0.15, -0.1) is 0 Å². The number of nitrogens with two attached hydrogens (primary N) is 1. The number of carbonyl (C=O) groups excluding carboxylic acids is 1. The average Bonchev–Trinajstić information content (AvgIpc) is 2.76. The third-order valence-electron chi connectivity index (χ3n) is 3.50. The second-order valence-electron chi connectivity index (χ2n) is 5.28. The van der Waals surface area contributed by atoms with Crippen molar-refractivity contribution in [3.05, 3.63) is 17.5 Å². The normalized spacial score (nSPS) is 14.9. The molecule has 2 N–H and O–H groups in total. The highest BCUT2D eigenvalue weighted by molar-refractivity contribution is 5.81. The van der Waals surface area contributed by atoms with Crippen molar-refractivity contribution in [1.29, 1.82) is 0 Å². The summed E-state index contributed by atoms with van der Waals surface area (Å²) in [6, 6.07) is -0.717. The SMILES string of the molecule is CC[C@@H](C)[C@H](N)C(=O)N(C)Cc1cn(C)nc1C(F)(F)F. The Labute approximate surface area is 121 Å². The van der Waals surface area contributed by atoms with E-state index in [4.69, 9.17) is 5.73 Å². The van der Waals surface area contributed by atoms with Gasteiger partial charge in [-0.2, -0.15) is 18.3 Å². The average molecular weight is 306 g/mol. The largest absolute Gasteiger partial charge is 0.435 e. The summed E-state index contributed by atoms with van der Waals surface area (Å²) < 4.78 is 39.6. The van der Waals surface area contributed by atoms with Crippen LogP contribution in [-0.2, 0) is 24.6 Å². The number of rotatable bonds is 5. The number of aromatic nitrogens is 2. The van der Waals surface area contributed by atoms with Gasteiger partial charge in [0.25, 0.3) is 0 Å². The third kappa shape index (κ3) is 4.20. The highest BCUT2D eigenvalue weighted by atomic mass is 19.4. The van der Waals surface area contributed by atoms with Crippen LogP contribution in [0.1, 0.15) is 31.5 Å². The van der Waals surface area contributed by atoms with Gasteiger partial charge >= 0.3 is 6.18 Å². The molecule has 1 aromatic rings. The Hall–Kier alpha value is -1.57. The van der Waals surface area contributed by atoms with Crippen LogP contribution in [0.2, 0.25) is 0 Å². The predicted molar refractivity (Wildman–Crippen MR) is 72.1 cm³/mol. The van der Waals surface area contributed by atoms with Crippen LogP contribution < -0.4 is 5.73 Å². The van der Waals surface area contributed by atoms with Crippen molar-refractivity contribution in [3.8, 4) is 0 Å². The second-order valence-corrected chi connectivity index (χ2v) is 5.28. The van der Waals surface area contributed by atoms with Crippen LogP contribution in [-0.4, -0.2) is 33.7 Å². The van der Waals surface area contributed by atoms with E-state index in [1.807, 2.05) is 13.8 Å². The second kappa shape index (κ2) is 6.46. The van der Waals surface area contributed by atoms with E-state index >= 15 is 0 Å². The van der Waals surface area contributed by atoms with E-state index in [-0.39, 0.29) is 23.9 Å². The van der Waals surface area contributed by atoms with Gasteiger partial charge in [-0.1, -0.05) is 20.3 Å². The third-order valence-corrected chi connectivity index (χ3v) is 3.50. The Morgan fingerprint density at radius 1 is 1.52 bits per heavy atom. The van der Waals surface area contributed by atoms with Crippen molar-refractivity contribution in [2.45, 2.75) is 39.0 Å². The van der Waals surface area contributed by atoms with Gasteiger partial charge in [-0.25, -0.2) is 0 Å². The molecule has 21 heavy (non-hydrogen) atoms. The minimum absolute atomic E-state index is 0.0315. The molecule has 0 aliphatic rings. The zero-order chi connectivity index (χ0) is 16.4. The first kappa shape index (κ1) is 17.5. The van der Waals surface area contributed by atoms with E-state index in [0.717, 1.165) is 11.1 Å². The van der Waals surface area contributed by atoms with Crippen molar-refractivity contribution in [3.63, 3.8) is 0 Å². The molecular weight excluding hydrogens is 285 g/mol. The van der Waals surface area contributed by atoms with Crippen molar-refractivity contribution >= 4 is 5.91 Å². The Morgan fingerprint density at radius 3 is 2.57 bits per heavy atom. The van der Waals surface area contributed by atoms with Gasteiger partial charge in [0.15, 0.2) is 5.69 Å². The topological polar surface area (TPSA) is 64.2 Å². The van der Waals surface area contributed by atoms with Gasteiger partial charge in [-0.05, 0) is 5.92 Å². The summed E-state index contributed by atoms with van der Waals surface area (Å²) in [6.07, 6.45) is -2.55. The molecule has 1 rings (SSSR count). The molecule has 1 amide bonds. The molecule has 0 aliphatic carbocycles. The van der Waals surface area contributed by atoms with Gasteiger partial charge in [0, 0.05) is 32.4 Å². The summed E-state index contributed by atoms with van der Waals surface area (Å²) >= 11 is 0. The summed E-state index contributed by atoms with van der Waals surface area (Å²) in [6.45, 7) is 3.56. The van der Waals surface area contributed by atoms with E-state index in [1.54, 1.807) is 0 Å². The molecule has 0 bridgehead atoms. The molecule has 0 saturated carbocycles. The number of carbonyl (C=O) groups is 1. The molecule has 0 fully saturated rings. The molecule has 0 aliphatic heterocycles. The Morgan fingerprint density at radius 2 is 2.10 bits per heavy atom. The van der Waals surface area contributed by atoms with Gasteiger partial charge in [0.05, 0.1) is 6.04 Å². The molecule has 0 saturated heterocycles. The fourth-order valence-corrected chi connectivity index (χ4v) is 1.98. The number of alkyl halides is 3. The maximum atomic E-state index is 12.9. The molecule has 0 unspecified atom stereocenters. The zero-order valence-electron chi connectivity index (χ0n) is 12.6. The highest BCUT2D eigenvalue weighted by Gasteiger charge is 2.37. The van der Waals surface area contributed by atoms with Crippen LogP contribution in [0.15, 0.2) is 6.20 Å². The first-order chi connectivity index (χ1) is 9.57. The van der Waals surface area contributed by atoms with Crippen LogP contribution in [0.25, 0.3) is 0 Å². The van der Waals surface area contributed by atoms with Gasteiger partial charge in [0.2, 0.25) is 5.91 Å². The van der Waals surface area contributed by atoms with E-state index < -0.39 is 17.9 Å². The molecule has 5 nitrogen and oxygen atoms in total. The lowest BCUT2D eigenvalue weighted by Gasteiger charge is -2.24. The quantitative estimate of drug-likeness (QED) is 0.901. The summed E-state index contributed by atoms with van der Waals surface area (Å²) in [5.74, 6) is -0.405. The summed E-state index contributed by atoms with van der Waals surface area (Å²) in [5, 5.41) is 3.41. The molecule has 8 heteroatoms. The maximum Gasteiger partial charge on any atom is 0.435 e. The van der Waals surface area contributed by atoms with Gasteiger partial charge < -0.3 is 10.6 Å². The predicted octanol–water partition coefficient (Wildman–Crippen LogP) is 1.77. The van der Waals surface area contributed by atoms with Crippen molar-refractivity contribution in [2.75, 3.05) is 7.05 Å². The lowest BCUT2D eigenvalue weighted by atomic mass is 9.99. The molecule has 0 spiro atoms. The molecule has 0 radical (unpaired) electrons. The summed E-state index contributed by atoms with van der Waals surface area (Å²) in [5.41, 5.74) is 4.81. The van der Waals surface area contributed by atoms with Crippen LogP contribution in [0, 0.1) is 5.92 Å². The van der Waals surface area contributed by atoms with Crippen molar-refractivity contribution in [1.82, 2.24) is 14.7 Å². The minimum Gasteiger partial charge on any atom is -0.340 e. The number of hydrogen-bond donors (Lipinski definition) is 1. The number of likely N-dealkylation sites (N-methyl/N-ethyl adjacent to an activating group) is 1. The van der Waals surface area contributed by atoms with Crippen LogP contribution in [0.3, 0.4) is 0 Å². The Bertz CT molecular complexity index is 498. The minimum atomic E-state index is -4.54. The molecule has 0 aromatic carbocycles. The standard InChI is InChI=1S/C13H21F3N4O/c1-5-8(2)10(17)12(21)19(3)6-9-7-20(4)18-11(9)13(14,15)16/h7-8,10H,5-6,17H2,1-4H3/t8-,10+/m1/s1.